The van der Waals surface area contributed by atoms with Gasteiger partial charge in [0.05, 0.1) is 13.2 Å². The zero-order chi connectivity index (χ0) is 10.8. The molecule has 0 saturated heterocycles. The Labute approximate surface area is 92.9 Å². The molecule has 2 nitrogen and oxygen atoms in total. The second kappa shape index (κ2) is 9.75. The Bertz CT molecular complexity index is 118. The van der Waals surface area contributed by atoms with Crippen molar-refractivity contribution >= 4 is 11.6 Å². The maximum atomic E-state index is 5.87. The van der Waals surface area contributed by atoms with Gasteiger partial charge in [0.15, 0.2) is 0 Å². The highest BCUT2D eigenvalue weighted by molar-refractivity contribution is 6.18. The Morgan fingerprint density at radius 2 is 1.86 bits per heavy atom. The summed E-state index contributed by atoms with van der Waals surface area (Å²) in [6, 6.07) is 0. The Morgan fingerprint density at radius 1 is 1.14 bits per heavy atom. The smallest absolute Gasteiger partial charge is 0.0700 e. The summed E-state index contributed by atoms with van der Waals surface area (Å²) in [6.45, 7) is 6.62. The minimum absolute atomic E-state index is 0.596. The van der Waals surface area contributed by atoms with Crippen LogP contribution in [0.3, 0.4) is 0 Å². The van der Waals surface area contributed by atoms with Gasteiger partial charge in [-0.2, -0.15) is 0 Å². The number of hydrogen-bond donors (Lipinski definition) is 0. The van der Waals surface area contributed by atoms with Crippen molar-refractivity contribution in [1.82, 2.24) is 0 Å². The Morgan fingerprint density at radius 3 is 2.36 bits per heavy atom. The Balaban J connectivity index is 3.33. The molecule has 0 aliphatic rings. The van der Waals surface area contributed by atoms with Gasteiger partial charge >= 0.3 is 0 Å². The fourth-order valence-electron chi connectivity index (χ4n) is 1.42. The molecule has 0 aromatic rings. The lowest BCUT2D eigenvalue weighted by Gasteiger charge is -2.15. The summed E-state index contributed by atoms with van der Waals surface area (Å²) in [6.07, 6.45) is 2.25. The largest absolute Gasteiger partial charge is 0.382 e. The van der Waals surface area contributed by atoms with Crippen LogP contribution in [0, 0.1) is 11.8 Å². The SMILES string of the molecule is COCCOCCC(CCl)CC(C)C. The van der Waals surface area contributed by atoms with Gasteiger partial charge in [0.1, 0.15) is 0 Å². The van der Waals surface area contributed by atoms with Crippen LogP contribution in [0.25, 0.3) is 0 Å². The van der Waals surface area contributed by atoms with E-state index < -0.39 is 0 Å². The van der Waals surface area contributed by atoms with Gasteiger partial charge in [-0.3, -0.25) is 0 Å². The first kappa shape index (κ1) is 14.2. The first-order valence-corrected chi connectivity index (χ1v) is 5.86. The van der Waals surface area contributed by atoms with E-state index in [1.807, 2.05) is 0 Å². The van der Waals surface area contributed by atoms with Crippen molar-refractivity contribution in [2.45, 2.75) is 26.7 Å². The summed E-state index contributed by atoms with van der Waals surface area (Å²) < 4.78 is 10.3. The van der Waals surface area contributed by atoms with Gasteiger partial charge < -0.3 is 9.47 Å². The van der Waals surface area contributed by atoms with Crippen molar-refractivity contribution in [1.29, 1.82) is 0 Å². The predicted octanol–water partition coefficient (Wildman–Crippen LogP) is 2.94. The second-order valence-corrected chi connectivity index (χ2v) is 4.35. The number of halogens is 1. The zero-order valence-corrected chi connectivity index (χ0v) is 10.3. The lowest BCUT2D eigenvalue weighted by atomic mass is 9.96. The summed E-state index contributed by atoms with van der Waals surface area (Å²) in [5.41, 5.74) is 0. The average Bonchev–Trinajstić information content (AvgIpc) is 2.15. The Hall–Kier alpha value is 0.210. The van der Waals surface area contributed by atoms with Crippen molar-refractivity contribution in [3.8, 4) is 0 Å². The molecule has 0 aromatic carbocycles. The molecule has 0 saturated carbocycles. The third-order valence-electron chi connectivity index (χ3n) is 2.13. The van der Waals surface area contributed by atoms with E-state index in [-0.39, 0.29) is 0 Å². The molecule has 86 valence electrons. The van der Waals surface area contributed by atoms with Crippen molar-refractivity contribution in [3.63, 3.8) is 0 Å². The van der Waals surface area contributed by atoms with Gasteiger partial charge in [0.25, 0.3) is 0 Å². The minimum Gasteiger partial charge on any atom is -0.382 e. The third-order valence-corrected chi connectivity index (χ3v) is 2.56. The van der Waals surface area contributed by atoms with E-state index in [9.17, 15) is 0 Å². The van der Waals surface area contributed by atoms with Crippen LogP contribution in [0.1, 0.15) is 26.7 Å². The number of rotatable bonds is 9. The number of alkyl halides is 1. The third kappa shape index (κ3) is 8.79. The Kier molecular flexibility index (Phi) is 9.90. The summed E-state index contributed by atoms with van der Waals surface area (Å²) in [7, 11) is 1.68. The predicted molar refractivity (Wildman–Crippen MR) is 61.0 cm³/mol. The van der Waals surface area contributed by atoms with E-state index in [4.69, 9.17) is 21.1 Å². The summed E-state index contributed by atoms with van der Waals surface area (Å²) in [5.74, 6) is 2.06. The molecule has 0 radical (unpaired) electrons. The van der Waals surface area contributed by atoms with E-state index in [0.29, 0.717) is 19.1 Å². The molecule has 0 fully saturated rings. The topological polar surface area (TPSA) is 18.5 Å². The minimum atomic E-state index is 0.596. The second-order valence-electron chi connectivity index (χ2n) is 4.04. The van der Waals surface area contributed by atoms with Crippen LogP contribution in [-0.2, 0) is 9.47 Å². The molecular formula is C11H23ClO2. The van der Waals surface area contributed by atoms with Gasteiger partial charge in [-0.05, 0) is 24.7 Å². The van der Waals surface area contributed by atoms with Crippen LogP contribution < -0.4 is 0 Å². The normalized spacial score (nSPS) is 13.5. The van der Waals surface area contributed by atoms with Crippen molar-refractivity contribution in [2.24, 2.45) is 11.8 Å². The van der Waals surface area contributed by atoms with Crippen LogP contribution in [-0.4, -0.2) is 32.8 Å². The lowest BCUT2D eigenvalue weighted by Crippen LogP contribution is -2.11. The van der Waals surface area contributed by atoms with Gasteiger partial charge in [-0.15, -0.1) is 11.6 Å². The molecule has 0 rings (SSSR count). The van der Waals surface area contributed by atoms with Gasteiger partial charge in [-0.1, -0.05) is 13.8 Å². The molecule has 3 heteroatoms. The number of methoxy groups -OCH3 is 1. The van der Waals surface area contributed by atoms with Crippen molar-refractivity contribution < 1.29 is 9.47 Å². The van der Waals surface area contributed by atoms with E-state index in [0.717, 1.165) is 24.8 Å². The van der Waals surface area contributed by atoms with Crippen LogP contribution in [0.5, 0.6) is 0 Å². The zero-order valence-electron chi connectivity index (χ0n) is 9.59. The standard InChI is InChI=1S/C11H23ClO2/c1-10(2)8-11(9-12)4-5-14-7-6-13-3/h10-11H,4-9H2,1-3H3. The monoisotopic (exact) mass is 222 g/mol. The maximum absolute atomic E-state index is 5.87. The molecule has 0 heterocycles. The van der Waals surface area contributed by atoms with E-state index in [1.165, 1.54) is 6.42 Å². The molecule has 1 atom stereocenters. The quantitative estimate of drug-likeness (QED) is 0.441. The first-order valence-electron chi connectivity index (χ1n) is 5.33. The highest BCUT2D eigenvalue weighted by Gasteiger charge is 2.09. The van der Waals surface area contributed by atoms with Gasteiger partial charge in [0.2, 0.25) is 0 Å². The van der Waals surface area contributed by atoms with Gasteiger partial charge in [0, 0.05) is 19.6 Å². The molecular weight excluding hydrogens is 200 g/mol. The average molecular weight is 223 g/mol. The molecule has 14 heavy (non-hydrogen) atoms. The molecule has 0 aliphatic heterocycles. The fraction of sp³-hybridized carbons (Fsp3) is 1.00. The van der Waals surface area contributed by atoms with Crippen LogP contribution in [0.15, 0.2) is 0 Å². The molecule has 0 bridgehead atoms. The maximum Gasteiger partial charge on any atom is 0.0700 e. The summed E-state index contributed by atoms with van der Waals surface area (Å²) in [5, 5.41) is 0. The molecule has 1 unspecified atom stereocenters. The molecule has 0 aliphatic carbocycles. The lowest BCUT2D eigenvalue weighted by molar-refractivity contribution is 0.0636. The highest BCUT2D eigenvalue weighted by Crippen LogP contribution is 2.16. The van der Waals surface area contributed by atoms with E-state index in [1.54, 1.807) is 7.11 Å². The summed E-state index contributed by atoms with van der Waals surface area (Å²) in [4.78, 5) is 0. The van der Waals surface area contributed by atoms with Crippen molar-refractivity contribution in [2.75, 3.05) is 32.8 Å². The van der Waals surface area contributed by atoms with Crippen LogP contribution in [0.2, 0.25) is 0 Å². The van der Waals surface area contributed by atoms with E-state index in [2.05, 4.69) is 13.8 Å². The van der Waals surface area contributed by atoms with Crippen molar-refractivity contribution in [3.05, 3.63) is 0 Å². The highest BCUT2D eigenvalue weighted by atomic mass is 35.5. The van der Waals surface area contributed by atoms with Crippen LogP contribution >= 0.6 is 11.6 Å². The molecule has 0 spiro atoms. The summed E-state index contributed by atoms with van der Waals surface area (Å²) >= 11 is 5.87. The van der Waals surface area contributed by atoms with E-state index >= 15 is 0 Å². The number of ether oxygens (including phenoxy) is 2. The molecule has 0 aromatic heterocycles. The van der Waals surface area contributed by atoms with Gasteiger partial charge in [-0.25, -0.2) is 0 Å². The van der Waals surface area contributed by atoms with Crippen LogP contribution in [0.4, 0.5) is 0 Å². The first-order chi connectivity index (χ1) is 6.70. The fourth-order valence-corrected chi connectivity index (χ4v) is 1.70. The molecule has 0 amide bonds. The number of hydrogen-bond acceptors (Lipinski definition) is 2. The molecule has 0 N–H and O–H groups in total.